The van der Waals surface area contributed by atoms with E-state index in [4.69, 9.17) is 4.74 Å². The van der Waals surface area contributed by atoms with Crippen LogP contribution in [0.4, 0.5) is 0 Å². The summed E-state index contributed by atoms with van der Waals surface area (Å²) >= 11 is 0. The van der Waals surface area contributed by atoms with E-state index in [0.717, 1.165) is 19.7 Å². The number of nitrogens with one attached hydrogen (secondary N) is 1. The molecule has 1 saturated heterocycles. The molecule has 0 radical (unpaired) electrons. The number of hydrogen-bond acceptors (Lipinski definition) is 3. The molecule has 1 aliphatic rings. The van der Waals surface area contributed by atoms with Gasteiger partial charge in [-0.25, -0.2) is 0 Å². The van der Waals surface area contributed by atoms with Crippen molar-refractivity contribution in [3.63, 3.8) is 0 Å². The van der Waals surface area contributed by atoms with Crippen LogP contribution in [0.25, 0.3) is 0 Å². The summed E-state index contributed by atoms with van der Waals surface area (Å²) in [6.07, 6.45) is 2.55. The molecule has 1 fully saturated rings. The topological polar surface area (TPSA) is 24.5 Å². The van der Waals surface area contributed by atoms with E-state index >= 15 is 0 Å². The first-order valence-electron chi connectivity index (χ1n) is 5.51. The monoisotopic (exact) mass is 200 g/mol. The molecule has 0 aromatic carbocycles. The van der Waals surface area contributed by atoms with E-state index in [0.29, 0.717) is 11.6 Å². The Morgan fingerprint density at radius 3 is 2.79 bits per heavy atom. The highest BCUT2D eigenvalue weighted by Gasteiger charge is 2.32. The van der Waals surface area contributed by atoms with Crippen molar-refractivity contribution in [1.29, 1.82) is 0 Å². The molecule has 14 heavy (non-hydrogen) atoms. The largest absolute Gasteiger partial charge is 0.383 e. The lowest BCUT2D eigenvalue weighted by Crippen LogP contribution is -2.55. The van der Waals surface area contributed by atoms with Crippen molar-refractivity contribution in [2.45, 2.75) is 38.3 Å². The van der Waals surface area contributed by atoms with Crippen LogP contribution in [0.2, 0.25) is 0 Å². The Labute approximate surface area is 87.8 Å². The number of rotatable bonds is 4. The van der Waals surface area contributed by atoms with Gasteiger partial charge in [-0.3, -0.25) is 4.90 Å². The lowest BCUT2D eigenvalue weighted by atomic mass is 9.88. The molecule has 0 aromatic heterocycles. The summed E-state index contributed by atoms with van der Waals surface area (Å²) in [5, 5.41) is 3.37. The molecule has 1 unspecified atom stereocenters. The molecule has 1 atom stereocenters. The van der Waals surface area contributed by atoms with Gasteiger partial charge in [0.15, 0.2) is 0 Å². The quantitative estimate of drug-likeness (QED) is 0.735. The van der Waals surface area contributed by atoms with Gasteiger partial charge in [-0.15, -0.1) is 0 Å². The van der Waals surface area contributed by atoms with Gasteiger partial charge in [0, 0.05) is 31.8 Å². The predicted molar refractivity (Wildman–Crippen MR) is 59.6 cm³/mol. The summed E-state index contributed by atoms with van der Waals surface area (Å²) in [6.45, 7) is 7.68. The highest BCUT2D eigenvalue weighted by molar-refractivity contribution is 4.90. The average molecular weight is 200 g/mol. The molecule has 0 amide bonds. The van der Waals surface area contributed by atoms with E-state index in [9.17, 15) is 0 Å². The lowest BCUT2D eigenvalue weighted by molar-refractivity contribution is 0.0347. The lowest BCUT2D eigenvalue weighted by Gasteiger charge is -2.45. The van der Waals surface area contributed by atoms with Crippen LogP contribution in [-0.2, 0) is 4.74 Å². The van der Waals surface area contributed by atoms with Crippen molar-refractivity contribution in [1.82, 2.24) is 10.2 Å². The highest BCUT2D eigenvalue weighted by atomic mass is 16.5. The molecule has 0 bridgehead atoms. The van der Waals surface area contributed by atoms with Gasteiger partial charge in [0.2, 0.25) is 0 Å². The zero-order valence-electron chi connectivity index (χ0n) is 9.97. The van der Waals surface area contributed by atoms with E-state index in [1.807, 2.05) is 0 Å². The zero-order valence-corrected chi connectivity index (χ0v) is 9.97. The second-order valence-corrected chi connectivity index (χ2v) is 4.78. The summed E-state index contributed by atoms with van der Waals surface area (Å²) in [5.41, 5.74) is 0.339. The molecule has 1 rings (SSSR count). The predicted octanol–water partition coefficient (Wildman–Crippen LogP) is 1.10. The summed E-state index contributed by atoms with van der Waals surface area (Å²) < 4.78 is 5.14. The highest BCUT2D eigenvalue weighted by Crippen LogP contribution is 2.26. The molecule has 0 saturated carbocycles. The van der Waals surface area contributed by atoms with Crippen LogP contribution in [0, 0.1) is 0 Å². The van der Waals surface area contributed by atoms with Gasteiger partial charge < -0.3 is 10.1 Å². The Kier molecular flexibility index (Phi) is 4.35. The second kappa shape index (κ2) is 5.10. The van der Waals surface area contributed by atoms with Crippen molar-refractivity contribution in [3.8, 4) is 0 Å². The maximum absolute atomic E-state index is 5.14. The van der Waals surface area contributed by atoms with E-state index in [1.54, 1.807) is 7.11 Å². The fourth-order valence-electron chi connectivity index (χ4n) is 2.12. The fraction of sp³-hybridized carbons (Fsp3) is 1.00. The molecular formula is C11H24N2O. The third kappa shape index (κ3) is 2.94. The Balaban J connectivity index is 2.48. The first-order valence-corrected chi connectivity index (χ1v) is 5.51. The molecule has 1 heterocycles. The van der Waals surface area contributed by atoms with Crippen LogP contribution in [0.15, 0.2) is 0 Å². The number of likely N-dealkylation sites (tertiary alicyclic amines) is 1. The Morgan fingerprint density at radius 1 is 1.50 bits per heavy atom. The minimum atomic E-state index is 0.339. The van der Waals surface area contributed by atoms with Crippen LogP contribution in [0.5, 0.6) is 0 Å². The number of methoxy groups -OCH3 is 1. The van der Waals surface area contributed by atoms with Crippen molar-refractivity contribution in [2.24, 2.45) is 0 Å². The standard InChI is InChI=1S/C11H24N2O/c1-11(2)6-5-10(12-3)9-13(11)7-8-14-4/h10,12H,5-9H2,1-4H3. The van der Waals surface area contributed by atoms with Crippen LogP contribution in [-0.4, -0.2) is 50.3 Å². The van der Waals surface area contributed by atoms with Crippen LogP contribution in [0.1, 0.15) is 26.7 Å². The summed E-state index contributed by atoms with van der Waals surface area (Å²) in [7, 11) is 3.82. The normalized spacial score (nSPS) is 27.9. The van der Waals surface area contributed by atoms with Crippen molar-refractivity contribution < 1.29 is 4.74 Å². The molecule has 3 nitrogen and oxygen atoms in total. The molecule has 0 aliphatic carbocycles. The molecule has 3 heteroatoms. The van der Waals surface area contributed by atoms with E-state index in [-0.39, 0.29) is 0 Å². The number of ether oxygens (including phenoxy) is 1. The van der Waals surface area contributed by atoms with Gasteiger partial charge in [-0.05, 0) is 33.7 Å². The third-order valence-electron chi connectivity index (χ3n) is 3.38. The average Bonchev–Trinajstić information content (AvgIpc) is 2.16. The maximum Gasteiger partial charge on any atom is 0.0589 e. The van der Waals surface area contributed by atoms with Crippen LogP contribution in [0.3, 0.4) is 0 Å². The van der Waals surface area contributed by atoms with Crippen molar-refractivity contribution in [2.75, 3.05) is 33.9 Å². The maximum atomic E-state index is 5.14. The van der Waals surface area contributed by atoms with Crippen LogP contribution >= 0.6 is 0 Å². The van der Waals surface area contributed by atoms with Gasteiger partial charge in [0.25, 0.3) is 0 Å². The van der Waals surface area contributed by atoms with Gasteiger partial charge in [-0.1, -0.05) is 0 Å². The number of likely N-dealkylation sites (N-methyl/N-ethyl adjacent to an activating group) is 1. The SMILES string of the molecule is CNC1CCC(C)(C)N(CCOC)C1. The number of piperidine rings is 1. The van der Waals surface area contributed by atoms with Crippen molar-refractivity contribution >= 4 is 0 Å². The zero-order chi connectivity index (χ0) is 10.6. The van der Waals surface area contributed by atoms with E-state index in [1.165, 1.54) is 12.8 Å². The molecule has 84 valence electrons. The van der Waals surface area contributed by atoms with Crippen LogP contribution < -0.4 is 5.32 Å². The first-order chi connectivity index (χ1) is 6.60. The summed E-state index contributed by atoms with van der Waals surface area (Å²) in [5.74, 6) is 0. The van der Waals surface area contributed by atoms with Gasteiger partial charge in [0.1, 0.15) is 0 Å². The van der Waals surface area contributed by atoms with Crippen molar-refractivity contribution in [3.05, 3.63) is 0 Å². The molecule has 0 spiro atoms. The first kappa shape index (κ1) is 12.0. The molecule has 1 aliphatic heterocycles. The number of hydrogen-bond donors (Lipinski definition) is 1. The number of nitrogens with zero attached hydrogens (tertiary/aromatic N) is 1. The second-order valence-electron chi connectivity index (χ2n) is 4.78. The van der Waals surface area contributed by atoms with E-state index in [2.05, 4.69) is 31.1 Å². The van der Waals surface area contributed by atoms with Gasteiger partial charge >= 0.3 is 0 Å². The minimum absolute atomic E-state index is 0.339. The summed E-state index contributed by atoms with van der Waals surface area (Å²) in [6, 6.07) is 0.653. The minimum Gasteiger partial charge on any atom is -0.383 e. The van der Waals surface area contributed by atoms with E-state index < -0.39 is 0 Å². The third-order valence-corrected chi connectivity index (χ3v) is 3.38. The Bertz CT molecular complexity index is 171. The Morgan fingerprint density at radius 2 is 2.21 bits per heavy atom. The molecule has 0 aromatic rings. The fourth-order valence-corrected chi connectivity index (χ4v) is 2.12. The summed E-state index contributed by atoms with van der Waals surface area (Å²) in [4.78, 5) is 2.53. The smallest absolute Gasteiger partial charge is 0.0589 e. The van der Waals surface area contributed by atoms with Gasteiger partial charge in [0.05, 0.1) is 6.61 Å². The Hall–Kier alpha value is -0.120. The van der Waals surface area contributed by atoms with Gasteiger partial charge in [-0.2, -0.15) is 0 Å². The molecule has 1 N–H and O–H groups in total. The molecular weight excluding hydrogens is 176 g/mol.